The number of hydrogen-bond donors (Lipinski definition) is 0. The second-order valence-electron chi connectivity index (χ2n) is 3.19. The Morgan fingerprint density at radius 3 is 2.33 bits per heavy atom. The fourth-order valence-electron chi connectivity index (χ4n) is 1.08. The number of ether oxygens (including phenoxy) is 1. The molecule has 0 aromatic carbocycles. The van der Waals surface area contributed by atoms with E-state index < -0.39 is 12.7 Å². The van der Waals surface area contributed by atoms with Gasteiger partial charge in [0.05, 0.1) is 13.2 Å². The topological polar surface area (TPSA) is 12.5 Å². The van der Waals surface area contributed by atoms with Crippen LogP contribution in [-0.4, -0.2) is 49.3 Å². The maximum absolute atomic E-state index is 12.1. The molecule has 0 saturated carbocycles. The Balaban J connectivity index is 3.73. The second-order valence-corrected chi connectivity index (χ2v) is 3.99. The van der Waals surface area contributed by atoms with Gasteiger partial charge in [0.15, 0.2) is 0 Å². The first-order valence-electron chi connectivity index (χ1n) is 4.92. The van der Waals surface area contributed by atoms with Crippen LogP contribution in [0, 0.1) is 0 Å². The molecule has 0 aliphatic heterocycles. The molecule has 0 saturated heterocycles. The van der Waals surface area contributed by atoms with Gasteiger partial charge < -0.3 is 4.74 Å². The zero-order valence-electron chi connectivity index (χ0n) is 8.82. The molecule has 2 nitrogen and oxygen atoms in total. The van der Waals surface area contributed by atoms with Crippen LogP contribution >= 0.6 is 15.9 Å². The van der Waals surface area contributed by atoms with Crippen molar-refractivity contribution in [3.63, 3.8) is 0 Å². The molecular weight excluding hydrogens is 275 g/mol. The van der Waals surface area contributed by atoms with Gasteiger partial charge in [-0.15, -0.1) is 0 Å². The van der Waals surface area contributed by atoms with E-state index in [0.29, 0.717) is 31.6 Å². The van der Waals surface area contributed by atoms with Gasteiger partial charge in [-0.1, -0.05) is 22.9 Å². The molecule has 0 aliphatic carbocycles. The number of alkyl halides is 4. The summed E-state index contributed by atoms with van der Waals surface area (Å²) in [7, 11) is 0. The fourth-order valence-corrected chi connectivity index (χ4v) is 1.58. The Labute approximate surface area is 96.9 Å². The molecule has 0 rings (SSSR count). The smallest absolute Gasteiger partial charge is 0.380 e. The van der Waals surface area contributed by atoms with Crippen LogP contribution in [0.15, 0.2) is 0 Å². The number of hydrogen-bond acceptors (Lipinski definition) is 2. The molecule has 0 aliphatic rings. The van der Waals surface area contributed by atoms with Crippen molar-refractivity contribution in [2.24, 2.45) is 0 Å². The van der Waals surface area contributed by atoms with E-state index in [9.17, 15) is 13.2 Å². The average Bonchev–Trinajstić information content (AvgIpc) is 2.10. The lowest BCUT2D eigenvalue weighted by molar-refractivity contribution is -0.146. The lowest BCUT2D eigenvalue weighted by Crippen LogP contribution is -2.37. The summed E-state index contributed by atoms with van der Waals surface area (Å²) < 4.78 is 41.5. The molecule has 6 heteroatoms. The predicted octanol–water partition coefficient (Wildman–Crippen LogP) is 2.67. The summed E-state index contributed by atoms with van der Waals surface area (Å²) in [4.78, 5) is 1.34. The van der Waals surface area contributed by atoms with Crippen LogP contribution in [0.25, 0.3) is 0 Å². The first kappa shape index (κ1) is 15.2. The van der Waals surface area contributed by atoms with Gasteiger partial charge >= 0.3 is 6.18 Å². The first-order chi connectivity index (χ1) is 6.99. The minimum absolute atomic E-state index is 0.325. The monoisotopic (exact) mass is 291 g/mol. The van der Waals surface area contributed by atoms with Crippen molar-refractivity contribution >= 4 is 15.9 Å². The lowest BCUT2D eigenvalue weighted by Gasteiger charge is -2.22. The summed E-state index contributed by atoms with van der Waals surface area (Å²) in [5, 5.41) is 0.539. The van der Waals surface area contributed by atoms with Gasteiger partial charge in [-0.3, -0.25) is 4.90 Å². The molecule has 0 amide bonds. The molecule has 15 heavy (non-hydrogen) atoms. The molecule has 0 bridgehead atoms. The van der Waals surface area contributed by atoms with Gasteiger partial charge in [0.25, 0.3) is 0 Å². The highest BCUT2D eigenvalue weighted by Crippen LogP contribution is 2.16. The zero-order chi connectivity index (χ0) is 11.7. The summed E-state index contributed by atoms with van der Waals surface area (Å²) in [5.74, 6) is 0. The summed E-state index contributed by atoms with van der Waals surface area (Å²) in [6, 6.07) is 0. The molecule has 0 unspecified atom stereocenters. The predicted molar refractivity (Wildman–Crippen MR) is 57.4 cm³/mol. The van der Waals surface area contributed by atoms with E-state index in [1.807, 2.05) is 6.92 Å². The van der Waals surface area contributed by atoms with Crippen molar-refractivity contribution in [1.82, 2.24) is 4.90 Å². The van der Waals surface area contributed by atoms with E-state index >= 15 is 0 Å². The van der Waals surface area contributed by atoms with Crippen molar-refractivity contribution in [2.75, 3.05) is 38.2 Å². The molecule has 92 valence electrons. The minimum atomic E-state index is -4.13. The van der Waals surface area contributed by atoms with Crippen LogP contribution < -0.4 is 0 Å². The third-order valence-corrected chi connectivity index (χ3v) is 2.06. The Morgan fingerprint density at radius 1 is 1.20 bits per heavy atom. The molecule has 0 N–H and O–H groups in total. The maximum atomic E-state index is 12.1. The average molecular weight is 292 g/mol. The largest absolute Gasteiger partial charge is 0.401 e. The Morgan fingerprint density at radius 2 is 1.87 bits per heavy atom. The molecule has 0 aromatic heterocycles. The van der Waals surface area contributed by atoms with Crippen LogP contribution in [-0.2, 0) is 4.74 Å². The van der Waals surface area contributed by atoms with E-state index in [4.69, 9.17) is 4.74 Å². The molecule has 0 heterocycles. The van der Waals surface area contributed by atoms with Crippen LogP contribution in [0.3, 0.4) is 0 Å². The third kappa shape index (κ3) is 10.5. The van der Waals surface area contributed by atoms with E-state index in [-0.39, 0.29) is 0 Å². The highest BCUT2D eigenvalue weighted by Gasteiger charge is 2.30. The Hall–Kier alpha value is 0.190. The van der Waals surface area contributed by atoms with Gasteiger partial charge in [0.2, 0.25) is 0 Å². The highest BCUT2D eigenvalue weighted by atomic mass is 79.9. The van der Waals surface area contributed by atoms with Gasteiger partial charge in [0, 0.05) is 25.0 Å². The minimum Gasteiger partial charge on any atom is -0.380 e. The Kier molecular flexibility index (Phi) is 8.46. The molecular formula is C9H17BrF3NO. The molecule has 0 atom stereocenters. The van der Waals surface area contributed by atoms with Crippen molar-refractivity contribution in [1.29, 1.82) is 0 Å². The summed E-state index contributed by atoms with van der Waals surface area (Å²) in [6.45, 7) is 2.77. The van der Waals surface area contributed by atoms with Crippen molar-refractivity contribution < 1.29 is 17.9 Å². The zero-order valence-corrected chi connectivity index (χ0v) is 10.4. The molecule has 0 aromatic rings. The summed E-state index contributed by atoms with van der Waals surface area (Å²) in [5.41, 5.74) is 0. The van der Waals surface area contributed by atoms with Gasteiger partial charge in [-0.2, -0.15) is 13.2 Å². The molecule has 0 spiro atoms. The maximum Gasteiger partial charge on any atom is 0.401 e. The second kappa shape index (κ2) is 8.35. The van der Waals surface area contributed by atoms with E-state index in [1.54, 1.807) is 0 Å². The van der Waals surface area contributed by atoms with Crippen molar-refractivity contribution in [3.8, 4) is 0 Å². The fraction of sp³-hybridized carbons (Fsp3) is 1.00. The first-order valence-corrected chi connectivity index (χ1v) is 6.04. The van der Waals surface area contributed by atoms with Crippen LogP contribution in [0.2, 0.25) is 0 Å². The SMILES string of the molecule is CCCOCCN(CCBr)CC(F)(F)F. The third-order valence-electron chi connectivity index (χ3n) is 1.70. The molecule has 0 radical (unpaired) electrons. The number of halogens is 4. The van der Waals surface area contributed by atoms with Crippen molar-refractivity contribution in [3.05, 3.63) is 0 Å². The van der Waals surface area contributed by atoms with Crippen LogP contribution in [0.4, 0.5) is 13.2 Å². The molecule has 0 fully saturated rings. The van der Waals surface area contributed by atoms with E-state index in [1.165, 1.54) is 4.90 Å². The van der Waals surface area contributed by atoms with Gasteiger partial charge in [-0.05, 0) is 6.42 Å². The van der Waals surface area contributed by atoms with E-state index in [0.717, 1.165) is 6.42 Å². The van der Waals surface area contributed by atoms with Gasteiger partial charge in [0.1, 0.15) is 0 Å². The number of rotatable bonds is 8. The van der Waals surface area contributed by atoms with E-state index in [2.05, 4.69) is 15.9 Å². The summed E-state index contributed by atoms with van der Waals surface area (Å²) in [6.07, 6.45) is -3.25. The highest BCUT2D eigenvalue weighted by molar-refractivity contribution is 9.09. The Bertz CT molecular complexity index is 155. The van der Waals surface area contributed by atoms with Crippen LogP contribution in [0.5, 0.6) is 0 Å². The van der Waals surface area contributed by atoms with Crippen LogP contribution in [0.1, 0.15) is 13.3 Å². The summed E-state index contributed by atoms with van der Waals surface area (Å²) >= 11 is 3.13. The quantitative estimate of drug-likeness (QED) is 0.504. The number of nitrogens with zero attached hydrogens (tertiary/aromatic N) is 1. The van der Waals surface area contributed by atoms with Crippen molar-refractivity contribution in [2.45, 2.75) is 19.5 Å². The normalized spacial score (nSPS) is 12.4. The lowest BCUT2D eigenvalue weighted by atomic mass is 10.4. The van der Waals surface area contributed by atoms with Gasteiger partial charge in [-0.25, -0.2) is 0 Å². The standard InChI is InChI=1S/C9H17BrF3NO/c1-2-6-15-7-5-14(4-3-10)8-9(11,12)13/h2-8H2,1H3.